The second-order valence-corrected chi connectivity index (χ2v) is 5.34. The zero-order chi connectivity index (χ0) is 14.5. The molecule has 2 aromatic rings. The molecule has 5 nitrogen and oxygen atoms in total. The maximum atomic E-state index is 5.86. The van der Waals surface area contributed by atoms with Gasteiger partial charge >= 0.3 is 6.01 Å². The van der Waals surface area contributed by atoms with E-state index >= 15 is 0 Å². The molecule has 0 amide bonds. The lowest BCUT2D eigenvalue weighted by Gasteiger charge is -2.08. The van der Waals surface area contributed by atoms with Gasteiger partial charge in [-0.25, -0.2) is 0 Å². The van der Waals surface area contributed by atoms with Crippen LogP contribution >= 0.6 is 27.5 Å². The molecule has 0 aliphatic heterocycles. The zero-order valence-electron chi connectivity index (χ0n) is 11.2. The van der Waals surface area contributed by atoms with Gasteiger partial charge in [-0.1, -0.05) is 28.9 Å². The molecule has 0 fully saturated rings. The number of nitrogens with zero attached hydrogens (tertiary/aromatic N) is 3. The van der Waals surface area contributed by atoms with Crippen molar-refractivity contribution in [1.29, 1.82) is 0 Å². The van der Waals surface area contributed by atoms with Crippen molar-refractivity contribution in [1.82, 2.24) is 15.0 Å². The first-order valence-electron chi connectivity index (χ1n) is 6.16. The topological polar surface area (TPSA) is 59.9 Å². The third-order valence-electron chi connectivity index (χ3n) is 2.45. The summed E-state index contributed by atoms with van der Waals surface area (Å²) in [6.45, 7) is 4.56. The van der Waals surface area contributed by atoms with Crippen molar-refractivity contribution in [3.8, 4) is 6.01 Å². The molecule has 0 saturated heterocycles. The minimum absolute atomic E-state index is 0.0970. The van der Waals surface area contributed by atoms with Crippen LogP contribution in [0.4, 0.5) is 11.6 Å². The first kappa shape index (κ1) is 15.0. The van der Waals surface area contributed by atoms with Gasteiger partial charge in [-0.3, -0.25) is 0 Å². The molecule has 0 aliphatic rings. The molecule has 1 heterocycles. The van der Waals surface area contributed by atoms with E-state index in [1.165, 1.54) is 0 Å². The van der Waals surface area contributed by atoms with Gasteiger partial charge in [-0.2, -0.15) is 15.0 Å². The standard InChI is InChI=1S/C13H14BrClN4O/c1-3-6-20-13-18-11(15)17-12(19-13)16-9-5-4-8(2)10(14)7-9/h4-5,7H,3,6H2,1-2H3,(H,16,17,18,19). The summed E-state index contributed by atoms with van der Waals surface area (Å²) in [6, 6.07) is 6.09. The highest BCUT2D eigenvalue weighted by atomic mass is 79.9. The molecule has 1 aromatic heterocycles. The monoisotopic (exact) mass is 356 g/mol. The predicted molar refractivity (Wildman–Crippen MR) is 82.8 cm³/mol. The highest BCUT2D eigenvalue weighted by Crippen LogP contribution is 2.23. The number of ether oxygens (including phenoxy) is 1. The van der Waals surface area contributed by atoms with E-state index in [4.69, 9.17) is 16.3 Å². The maximum absolute atomic E-state index is 5.86. The van der Waals surface area contributed by atoms with E-state index in [2.05, 4.69) is 36.2 Å². The third kappa shape index (κ3) is 4.05. The molecule has 0 atom stereocenters. The Bertz CT molecular complexity index is 609. The lowest BCUT2D eigenvalue weighted by molar-refractivity contribution is 0.292. The van der Waals surface area contributed by atoms with Crippen molar-refractivity contribution in [2.45, 2.75) is 20.3 Å². The number of rotatable bonds is 5. The lowest BCUT2D eigenvalue weighted by atomic mass is 10.2. The molecule has 1 N–H and O–H groups in total. The molecule has 2 rings (SSSR count). The molecule has 0 saturated carbocycles. The summed E-state index contributed by atoms with van der Waals surface area (Å²) in [6.07, 6.45) is 0.872. The lowest BCUT2D eigenvalue weighted by Crippen LogP contribution is -2.04. The molecular formula is C13H14BrClN4O. The van der Waals surface area contributed by atoms with Gasteiger partial charge in [0.25, 0.3) is 0 Å². The molecule has 0 bridgehead atoms. The summed E-state index contributed by atoms with van der Waals surface area (Å²) in [5.74, 6) is 0.354. The molecule has 7 heteroatoms. The van der Waals surface area contributed by atoms with Gasteiger partial charge in [-0.05, 0) is 42.6 Å². The summed E-state index contributed by atoms with van der Waals surface area (Å²) in [4.78, 5) is 12.1. The smallest absolute Gasteiger partial charge is 0.322 e. The van der Waals surface area contributed by atoms with Crippen LogP contribution in [-0.4, -0.2) is 21.6 Å². The van der Waals surface area contributed by atoms with Crippen molar-refractivity contribution in [3.05, 3.63) is 33.5 Å². The Labute approximate surface area is 130 Å². The van der Waals surface area contributed by atoms with Crippen molar-refractivity contribution in [3.63, 3.8) is 0 Å². The number of benzene rings is 1. The van der Waals surface area contributed by atoms with Crippen LogP contribution in [0, 0.1) is 6.92 Å². The van der Waals surface area contributed by atoms with Crippen molar-refractivity contribution < 1.29 is 4.74 Å². The summed E-state index contributed by atoms with van der Waals surface area (Å²) in [7, 11) is 0. The molecule has 106 valence electrons. The van der Waals surface area contributed by atoms with Gasteiger partial charge in [0.15, 0.2) is 0 Å². The minimum Gasteiger partial charge on any atom is -0.463 e. The second kappa shape index (κ2) is 6.85. The fourth-order valence-corrected chi connectivity index (χ4v) is 1.98. The number of hydrogen-bond acceptors (Lipinski definition) is 5. The number of aryl methyl sites for hydroxylation is 1. The summed E-state index contributed by atoms with van der Waals surface area (Å²) in [5.41, 5.74) is 2.00. The fraction of sp³-hybridized carbons (Fsp3) is 0.308. The first-order valence-corrected chi connectivity index (χ1v) is 7.33. The fourth-order valence-electron chi connectivity index (χ4n) is 1.45. The Kier molecular flexibility index (Phi) is 5.14. The summed E-state index contributed by atoms with van der Waals surface area (Å²) >= 11 is 9.34. The quantitative estimate of drug-likeness (QED) is 0.872. The van der Waals surface area contributed by atoms with E-state index in [-0.39, 0.29) is 11.3 Å². The van der Waals surface area contributed by atoms with Crippen LogP contribution in [0.3, 0.4) is 0 Å². The van der Waals surface area contributed by atoms with Crippen molar-refractivity contribution >= 4 is 39.2 Å². The van der Waals surface area contributed by atoms with Gasteiger partial charge in [0.2, 0.25) is 11.2 Å². The highest BCUT2D eigenvalue weighted by Gasteiger charge is 2.07. The number of hydrogen-bond donors (Lipinski definition) is 1. The van der Waals surface area contributed by atoms with Crippen LogP contribution in [0.15, 0.2) is 22.7 Å². The predicted octanol–water partition coefficient (Wildman–Crippen LogP) is 4.13. The molecular weight excluding hydrogens is 344 g/mol. The zero-order valence-corrected chi connectivity index (χ0v) is 13.5. The van der Waals surface area contributed by atoms with E-state index in [0.29, 0.717) is 12.6 Å². The highest BCUT2D eigenvalue weighted by molar-refractivity contribution is 9.10. The third-order valence-corrected chi connectivity index (χ3v) is 3.47. The van der Waals surface area contributed by atoms with Crippen LogP contribution in [0.2, 0.25) is 5.28 Å². The Morgan fingerprint density at radius 3 is 2.80 bits per heavy atom. The maximum Gasteiger partial charge on any atom is 0.322 e. The average molecular weight is 358 g/mol. The van der Waals surface area contributed by atoms with Gasteiger partial charge < -0.3 is 10.1 Å². The van der Waals surface area contributed by atoms with Crippen molar-refractivity contribution in [2.24, 2.45) is 0 Å². The van der Waals surface area contributed by atoms with Crippen LogP contribution < -0.4 is 10.1 Å². The SMILES string of the molecule is CCCOc1nc(Cl)nc(Nc2ccc(C)c(Br)c2)n1. The molecule has 0 aliphatic carbocycles. The molecule has 0 unspecified atom stereocenters. The summed E-state index contributed by atoms with van der Waals surface area (Å²) < 4.78 is 6.37. The van der Waals surface area contributed by atoms with Gasteiger partial charge in [-0.15, -0.1) is 0 Å². The molecule has 1 aromatic carbocycles. The number of aromatic nitrogens is 3. The van der Waals surface area contributed by atoms with E-state index in [1.807, 2.05) is 32.0 Å². The largest absolute Gasteiger partial charge is 0.463 e. The molecule has 0 spiro atoms. The number of halogens is 2. The average Bonchev–Trinajstić information content (AvgIpc) is 2.40. The van der Waals surface area contributed by atoms with E-state index in [1.54, 1.807) is 0 Å². The van der Waals surface area contributed by atoms with E-state index in [9.17, 15) is 0 Å². The van der Waals surface area contributed by atoms with Gasteiger partial charge in [0.05, 0.1) is 6.61 Å². The number of anilines is 2. The molecule has 0 radical (unpaired) electrons. The Morgan fingerprint density at radius 1 is 1.30 bits per heavy atom. The first-order chi connectivity index (χ1) is 9.58. The summed E-state index contributed by atoms with van der Waals surface area (Å²) in [5, 5.41) is 3.17. The Morgan fingerprint density at radius 2 is 2.10 bits per heavy atom. The van der Waals surface area contributed by atoms with Gasteiger partial charge in [0.1, 0.15) is 0 Å². The van der Waals surface area contributed by atoms with E-state index < -0.39 is 0 Å². The second-order valence-electron chi connectivity index (χ2n) is 4.15. The van der Waals surface area contributed by atoms with Crippen LogP contribution in [0.1, 0.15) is 18.9 Å². The van der Waals surface area contributed by atoms with Crippen LogP contribution in [0.5, 0.6) is 6.01 Å². The van der Waals surface area contributed by atoms with Gasteiger partial charge in [0, 0.05) is 10.2 Å². The van der Waals surface area contributed by atoms with Crippen LogP contribution in [-0.2, 0) is 0 Å². The van der Waals surface area contributed by atoms with Crippen molar-refractivity contribution in [2.75, 3.05) is 11.9 Å². The number of nitrogens with one attached hydrogen (secondary N) is 1. The minimum atomic E-state index is 0.0970. The van der Waals surface area contributed by atoms with Crippen LogP contribution in [0.25, 0.3) is 0 Å². The van der Waals surface area contributed by atoms with E-state index in [0.717, 1.165) is 22.1 Å². The normalized spacial score (nSPS) is 10.4. The Hall–Kier alpha value is -1.40. The Balaban J connectivity index is 2.19. The molecule has 20 heavy (non-hydrogen) atoms.